The molecule has 1 atom stereocenters. The molecular weight excluding hydrogens is 428 g/mol. The minimum Gasteiger partial charge on any atom is -0.443 e. The van der Waals surface area contributed by atoms with Gasteiger partial charge in [0.1, 0.15) is 11.8 Å². The maximum Gasteiger partial charge on any atom is 0.258 e. The number of aryl methyl sites for hydroxylation is 2. The van der Waals surface area contributed by atoms with Crippen LogP contribution >= 0.6 is 11.6 Å². The fraction of sp³-hybridized carbons (Fsp3) is 0.333. The number of likely N-dealkylation sites (tertiary alicyclic amines) is 1. The first-order valence-corrected chi connectivity index (χ1v) is 11.1. The summed E-state index contributed by atoms with van der Waals surface area (Å²) in [6.45, 7) is 4.30. The molecule has 0 spiro atoms. The molecule has 4 aromatic rings. The summed E-state index contributed by atoms with van der Waals surface area (Å²) in [6.07, 6.45) is 5.03. The van der Waals surface area contributed by atoms with Crippen molar-refractivity contribution < 1.29 is 13.7 Å². The van der Waals surface area contributed by atoms with Gasteiger partial charge in [0.2, 0.25) is 5.89 Å². The van der Waals surface area contributed by atoms with E-state index in [9.17, 15) is 4.79 Å². The minimum absolute atomic E-state index is 0.0812. The molecule has 3 aromatic heterocycles. The predicted octanol–water partition coefficient (Wildman–Crippen LogP) is 5.44. The molecule has 0 aliphatic carbocycles. The summed E-state index contributed by atoms with van der Waals surface area (Å²) in [5.74, 6) is 1.20. The highest BCUT2D eigenvalue weighted by atomic mass is 35.5. The van der Waals surface area contributed by atoms with E-state index in [-0.39, 0.29) is 11.9 Å². The van der Waals surface area contributed by atoms with E-state index in [1.807, 2.05) is 43.0 Å². The van der Waals surface area contributed by atoms with E-state index in [0.29, 0.717) is 51.9 Å². The van der Waals surface area contributed by atoms with Crippen LogP contribution in [-0.4, -0.2) is 32.5 Å². The van der Waals surface area contributed by atoms with Gasteiger partial charge in [0.15, 0.2) is 0 Å². The number of piperidine rings is 1. The van der Waals surface area contributed by atoms with Crippen LogP contribution in [0.4, 0.5) is 0 Å². The van der Waals surface area contributed by atoms with Gasteiger partial charge in [-0.15, -0.1) is 0 Å². The number of rotatable bonds is 4. The van der Waals surface area contributed by atoms with Crippen molar-refractivity contribution in [2.75, 3.05) is 6.54 Å². The second-order valence-electron chi connectivity index (χ2n) is 8.20. The van der Waals surface area contributed by atoms with Crippen molar-refractivity contribution >= 4 is 28.6 Å². The van der Waals surface area contributed by atoms with Crippen LogP contribution in [0.3, 0.4) is 0 Å². The number of hydrogen-bond acceptors (Lipinski definition) is 6. The first-order chi connectivity index (χ1) is 15.5. The monoisotopic (exact) mass is 450 g/mol. The molecule has 1 aliphatic heterocycles. The molecule has 5 rings (SSSR count). The van der Waals surface area contributed by atoms with Crippen molar-refractivity contribution in [2.24, 2.45) is 0 Å². The molecule has 8 heteroatoms. The third-order valence-corrected chi connectivity index (χ3v) is 6.29. The van der Waals surface area contributed by atoms with E-state index in [1.165, 1.54) is 0 Å². The summed E-state index contributed by atoms with van der Waals surface area (Å²) >= 11 is 6.29. The molecule has 1 unspecified atom stereocenters. The number of carbonyl (C=O) groups excluding carboxylic acids is 1. The Balaban J connectivity index is 1.45. The molecule has 32 heavy (non-hydrogen) atoms. The van der Waals surface area contributed by atoms with E-state index >= 15 is 0 Å². The lowest BCUT2D eigenvalue weighted by atomic mass is 9.99. The largest absolute Gasteiger partial charge is 0.443 e. The van der Waals surface area contributed by atoms with Crippen LogP contribution in [0.2, 0.25) is 5.02 Å². The molecule has 0 bridgehead atoms. The molecule has 164 valence electrons. The van der Waals surface area contributed by atoms with Gasteiger partial charge in [-0.3, -0.25) is 4.79 Å². The summed E-state index contributed by atoms with van der Waals surface area (Å²) in [4.78, 5) is 24.4. The Morgan fingerprint density at radius 1 is 1.25 bits per heavy atom. The van der Waals surface area contributed by atoms with Gasteiger partial charge in [-0.1, -0.05) is 35.0 Å². The molecule has 1 fully saturated rings. The van der Waals surface area contributed by atoms with Crippen molar-refractivity contribution in [3.63, 3.8) is 0 Å². The molecule has 0 saturated carbocycles. The number of oxazole rings is 1. The maximum atomic E-state index is 13.7. The minimum atomic E-state index is -0.222. The summed E-state index contributed by atoms with van der Waals surface area (Å²) in [5.41, 5.74) is 3.29. The van der Waals surface area contributed by atoms with Gasteiger partial charge in [0, 0.05) is 23.7 Å². The van der Waals surface area contributed by atoms with Gasteiger partial charge in [-0.2, -0.15) is 0 Å². The topological polar surface area (TPSA) is 85.3 Å². The van der Waals surface area contributed by atoms with Crippen LogP contribution < -0.4 is 0 Å². The Hall–Kier alpha value is -3.19. The van der Waals surface area contributed by atoms with Crippen LogP contribution in [0.25, 0.3) is 11.1 Å². The Morgan fingerprint density at radius 3 is 2.94 bits per heavy atom. The normalized spacial score (nSPS) is 16.6. The number of amides is 1. The SMILES string of the molecule is Cc1cc(C(=O)N2CCCCC2c2ncc(Cc3ccccc3Cl)o2)c2c(C)noc2n1. The van der Waals surface area contributed by atoms with Gasteiger partial charge < -0.3 is 13.8 Å². The summed E-state index contributed by atoms with van der Waals surface area (Å²) in [5, 5.41) is 5.36. The zero-order valence-corrected chi connectivity index (χ0v) is 18.7. The van der Waals surface area contributed by atoms with Crippen LogP contribution in [0.1, 0.15) is 64.3 Å². The lowest BCUT2D eigenvalue weighted by Gasteiger charge is -2.34. The quantitative estimate of drug-likeness (QED) is 0.411. The third kappa shape index (κ3) is 3.77. The molecule has 1 aromatic carbocycles. The highest BCUT2D eigenvalue weighted by Crippen LogP contribution is 2.34. The fourth-order valence-corrected chi connectivity index (χ4v) is 4.56. The number of halogens is 1. The first kappa shape index (κ1) is 20.7. The van der Waals surface area contributed by atoms with Crippen molar-refractivity contribution in [1.82, 2.24) is 20.0 Å². The van der Waals surface area contributed by atoms with Gasteiger partial charge in [-0.25, -0.2) is 9.97 Å². The van der Waals surface area contributed by atoms with Crippen LogP contribution in [0, 0.1) is 13.8 Å². The highest BCUT2D eigenvalue weighted by molar-refractivity contribution is 6.31. The van der Waals surface area contributed by atoms with Crippen LogP contribution in [0.15, 0.2) is 45.5 Å². The molecule has 7 nitrogen and oxygen atoms in total. The van der Waals surface area contributed by atoms with Crippen LogP contribution in [-0.2, 0) is 6.42 Å². The number of fused-ring (bicyclic) bond motifs is 1. The Morgan fingerprint density at radius 2 is 2.09 bits per heavy atom. The Labute approximate surface area is 190 Å². The predicted molar refractivity (Wildman–Crippen MR) is 120 cm³/mol. The van der Waals surface area contributed by atoms with Gasteiger partial charge in [-0.05, 0) is 50.8 Å². The van der Waals surface area contributed by atoms with E-state index in [2.05, 4.69) is 15.1 Å². The number of carbonyl (C=O) groups is 1. The molecule has 0 N–H and O–H groups in total. The average Bonchev–Trinajstić information content (AvgIpc) is 3.41. The van der Waals surface area contributed by atoms with Crippen LogP contribution in [0.5, 0.6) is 0 Å². The number of nitrogens with zero attached hydrogens (tertiary/aromatic N) is 4. The van der Waals surface area contributed by atoms with Gasteiger partial charge in [0.05, 0.1) is 22.8 Å². The lowest BCUT2D eigenvalue weighted by Crippen LogP contribution is -2.38. The zero-order chi connectivity index (χ0) is 22.2. The number of benzene rings is 1. The number of pyridine rings is 1. The van der Waals surface area contributed by atoms with E-state index in [0.717, 1.165) is 30.6 Å². The van der Waals surface area contributed by atoms with Gasteiger partial charge in [0.25, 0.3) is 11.6 Å². The van der Waals surface area contributed by atoms with E-state index in [4.69, 9.17) is 20.5 Å². The third-order valence-electron chi connectivity index (χ3n) is 5.92. The first-order valence-electron chi connectivity index (χ1n) is 10.7. The second-order valence-corrected chi connectivity index (χ2v) is 8.61. The Bertz CT molecular complexity index is 1300. The number of aromatic nitrogens is 3. The molecule has 1 aliphatic rings. The molecule has 1 amide bonds. The summed E-state index contributed by atoms with van der Waals surface area (Å²) in [7, 11) is 0. The van der Waals surface area contributed by atoms with Crippen molar-refractivity contribution in [1.29, 1.82) is 0 Å². The molecular formula is C24H23ClN4O3. The Kier molecular flexibility index (Phi) is 5.43. The lowest BCUT2D eigenvalue weighted by molar-refractivity contribution is 0.0572. The zero-order valence-electron chi connectivity index (χ0n) is 18.0. The fourth-order valence-electron chi connectivity index (χ4n) is 4.36. The smallest absolute Gasteiger partial charge is 0.258 e. The van der Waals surface area contributed by atoms with Crippen molar-refractivity contribution in [3.05, 3.63) is 75.7 Å². The highest BCUT2D eigenvalue weighted by Gasteiger charge is 2.33. The second kappa shape index (κ2) is 8.39. The van der Waals surface area contributed by atoms with E-state index < -0.39 is 0 Å². The standard InChI is InChI=1S/C24H23ClN4O3/c1-14-11-18(21-15(2)28-32-23(21)27-14)24(30)29-10-6-5-9-20(29)22-26-13-17(31-22)12-16-7-3-4-8-19(16)25/h3-4,7-8,11,13,20H,5-6,9-10,12H2,1-2H3. The maximum absolute atomic E-state index is 13.7. The summed E-state index contributed by atoms with van der Waals surface area (Å²) < 4.78 is 11.4. The average molecular weight is 451 g/mol. The van der Waals surface area contributed by atoms with Crippen molar-refractivity contribution in [3.8, 4) is 0 Å². The molecule has 1 saturated heterocycles. The molecule has 4 heterocycles. The molecule has 0 radical (unpaired) electrons. The number of hydrogen-bond donors (Lipinski definition) is 0. The summed E-state index contributed by atoms with van der Waals surface area (Å²) in [6, 6.07) is 9.26. The van der Waals surface area contributed by atoms with Crippen molar-refractivity contribution in [2.45, 2.75) is 45.6 Å². The van der Waals surface area contributed by atoms with E-state index in [1.54, 1.807) is 12.3 Å². The van der Waals surface area contributed by atoms with Gasteiger partial charge >= 0.3 is 0 Å².